The standard InChI is InChI=1S/C5H5N5S/c1-10-8-4(7-9-10)5-6-2-3-11-5/h2-3H,1H3. The lowest BCUT2D eigenvalue weighted by Gasteiger charge is -1.80. The second-order valence-electron chi connectivity index (χ2n) is 1.94. The van der Waals surface area contributed by atoms with E-state index in [1.165, 1.54) is 16.1 Å². The van der Waals surface area contributed by atoms with E-state index in [4.69, 9.17) is 0 Å². The summed E-state index contributed by atoms with van der Waals surface area (Å²) in [4.78, 5) is 5.45. The van der Waals surface area contributed by atoms with E-state index in [2.05, 4.69) is 20.4 Å². The predicted octanol–water partition coefficient (Wildman–Crippen LogP) is 0.334. The summed E-state index contributed by atoms with van der Waals surface area (Å²) in [5.41, 5.74) is 0. The molecule has 2 rings (SSSR count). The molecule has 0 saturated heterocycles. The van der Waals surface area contributed by atoms with Crippen LogP contribution in [0.15, 0.2) is 11.6 Å². The fourth-order valence-corrected chi connectivity index (χ4v) is 1.26. The normalized spacial score (nSPS) is 10.3. The Labute approximate surface area is 66.7 Å². The van der Waals surface area contributed by atoms with Crippen molar-refractivity contribution in [3.05, 3.63) is 11.6 Å². The van der Waals surface area contributed by atoms with E-state index >= 15 is 0 Å². The number of thiazole rings is 1. The van der Waals surface area contributed by atoms with Gasteiger partial charge in [-0.05, 0) is 5.21 Å². The molecule has 5 nitrogen and oxygen atoms in total. The first-order valence-electron chi connectivity index (χ1n) is 3.00. The van der Waals surface area contributed by atoms with Crippen LogP contribution in [0.2, 0.25) is 0 Å². The maximum Gasteiger partial charge on any atom is 0.233 e. The quantitative estimate of drug-likeness (QED) is 0.614. The third kappa shape index (κ3) is 1.12. The van der Waals surface area contributed by atoms with Gasteiger partial charge < -0.3 is 0 Å². The zero-order chi connectivity index (χ0) is 7.68. The average Bonchev–Trinajstić information content (AvgIpc) is 2.55. The summed E-state index contributed by atoms with van der Waals surface area (Å²) < 4.78 is 0. The molecule has 6 heteroatoms. The van der Waals surface area contributed by atoms with Crippen molar-refractivity contribution in [3.63, 3.8) is 0 Å². The van der Waals surface area contributed by atoms with Crippen molar-refractivity contribution in [2.75, 3.05) is 0 Å². The van der Waals surface area contributed by atoms with Crippen molar-refractivity contribution in [2.45, 2.75) is 0 Å². The van der Waals surface area contributed by atoms with Gasteiger partial charge in [-0.3, -0.25) is 0 Å². The topological polar surface area (TPSA) is 56.5 Å². The molecule has 2 aromatic rings. The Hall–Kier alpha value is -1.30. The highest BCUT2D eigenvalue weighted by Gasteiger charge is 2.04. The van der Waals surface area contributed by atoms with E-state index in [1.54, 1.807) is 13.2 Å². The van der Waals surface area contributed by atoms with Gasteiger partial charge in [0.05, 0.1) is 7.05 Å². The van der Waals surface area contributed by atoms with E-state index in [9.17, 15) is 0 Å². The number of aromatic nitrogens is 5. The molecular formula is C5H5N5S. The Kier molecular flexibility index (Phi) is 1.39. The van der Waals surface area contributed by atoms with Crippen LogP contribution in [-0.4, -0.2) is 25.2 Å². The maximum absolute atomic E-state index is 4.04. The maximum atomic E-state index is 4.04. The molecule has 0 bridgehead atoms. The van der Waals surface area contributed by atoms with Crippen LogP contribution in [0, 0.1) is 0 Å². The lowest BCUT2D eigenvalue weighted by molar-refractivity contribution is 0.630. The van der Waals surface area contributed by atoms with Gasteiger partial charge in [0.25, 0.3) is 0 Å². The smallest absolute Gasteiger partial charge is 0.233 e. The number of rotatable bonds is 1. The van der Waals surface area contributed by atoms with Crippen molar-refractivity contribution < 1.29 is 0 Å². The Balaban J connectivity index is 2.45. The van der Waals surface area contributed by atoms with Crippen molar-refractivity contribution in [1.29, 1.82) is 0 Å². The van der Waals surface area contributed by atoms with Gasteiger partial charge in [-0.15, -0.1) is 21.5 Å². The molecule has 11 heavy (non-hydrogen) atoms. The van der Waals surface area contributed by atoms with Crippen molar-refractivity contribution in [1.82, 2.24) is 25.2 Å². The molecular weight excluding hydrogens is 162 g/mol. The van der Waals surface area contributed by atoms with Gasteiger partial charge in [-0.25, -0.2) is 4.98 Å². The lowest BCUT2D eigenvalue weighted by atomic mass is 10.7. The minimum Gasteiger partial charge on any atom is -0.241 e. The molecule has 0 atom stereocenters. The summed E-state index contributed by atoms with van der Waals surface area (Å²) >= 11 is 1.50. The molecule has 0 radical (unpaired) electrons. The lowest BCUT2D eigenvalue weighted by Crippen LogP contribution is -1.91. The zero-order valence-electron chi connectivity index (χ0n) is 5.80. The van der Waals surface area contributed by atoms with Crippen molar-refractivity contribution in [3.8, 4) is 10.8 Å². The Morgan fingerprint density at radius 3 is 3.00 bits per heavy atom. The summed E-state index contributed by atoms with van der Waals surface area (Å²) in [7, 11) is 1.73. The molecule has 0 spiro atoms. The van der Waals surface area contributed by atoms with Crippen LogP contribution < -0.4 is 0 Å². The molecule has 56 valence electrons. The van der Waals surface area contributed by atoms with Gasteiger partial charge in [0.2, 0.25) is 5.82 Å². The highest BCUT2D eigenvalue weighted by molar-refractivity contribution is 7.12. The van der Waals surface area contributed by atoms with Gasteiger partial charge in [0, 0.05) is 11.6 Å². The second kappa shape index (κ2) is 2.39. The highest BCUT2D eigenvalue weighted by atomic mass is 32.1. The van der Waals surface area contributed by atoms with Crippen molar-refractivity contribution >= 4 is 11.3 Å². The second-order valence-corrected chi connectivity index (χ2v) is 2.83. The monoisotopic (exact) mass is 167 g/mol. The van der Waals surface area contributed by atoms with Crippen LogP contribution in [-0.2, 0) is 7.05 Å². The molecule has 0 unspecified atom stereocenters. The molecule has 0 aliphatic rings. The SMILES string of the molecule is Cn1nnc(-c2nccs2)n1. The fourth-order valence-electron chi connectivity index (χ4n) is 0.704. The molecule has 2 heterocycles. The van der Waals surface area contributed by atoms with Gasteiger partial charge >= 0.3 is 0 Å². The first kappa shape index (κ1) is 6.41. The minimum atomic E-state index is 0.586. The number of nitrogens with zero attached hydrogens (tertiary/aromatic N) is 5. The molecule has 0 amide bonds. The first-order valence-corrected chi connectivity index (χ1v) is 3.88. The van der Waals surface area contributed by atoms with Gasteiger partial charge in [0.1, 0.15) is 0 Å². The van der Waals surface area contributed by atoms with Crippen molar-refractivity contribution in [2.24, 2.45) is 7.05 Å². The largest absolute Gasteiger partial charge is 0.241 e. The van der Waals surface area contributed by atoms with E-state index in [0.29, 0.717) is 5.82 Å². The molecule has 0 aliphatic carbocycles. The van der Waals surface area contributed by atoms with Crippen LogP contribution in [0.1, 0.15) is 0 Å². The average molecular weight is 167 g/mol. The van der Waals surface area contributed by atoms with Gasteiger partial charge in [-0.1, -0.05) is 0 Å². The van der Waals surface area contributed by atoms with Gasteiger partial charge in [-0.2, -0.15) is 4.80 Å². The predicted molar refractivity (Wildman–Crippen MR) is 39.9 cm³/mol. The van der Waals surface area contributed by atoms with E-state index < -0.39 is 0 Å². The Morgan fingerprint density at radius 2 is 2.45 bits per heavy atom. The number of hydrogen-bond donors (Lipinski definition) is 0. The summed E-state index contributed by atoms with van der Waals surface area (Å²) in [6, 6.07) is 0. The molecule has 2 aromatic heterocycles. The minimum absolute atomic E-state index is 0.586. The molecule has 0 fully saturated rings. The fraction of sp³-hybridized carbons (Fsp3) is 0.200. The van der Waals surface area contributed by atoms with Crippen LogP contribution >= 0.6 is 11.3 Å². The highest BCUT2D eigenvalue weighted by Crippen LogP contribution is 2.14. The van der Waals surface area contributed by atoms with Crippen LogP contribution in [0.4, 0.5) is 0 Å². The Bertz CT molecular complexity index is 337. The zero-order valence-corrected chi connectivity index (χ0v) is 6.62. The molecule has 0 saturated carbocycles. The van der Waals surface area contributed by atoms with Crippen LogP contribution in [0.3, 0.4) is 0 Å². The number of aryl methyl sites for hydroxylation is 1. The number of tetrazole rings is 1. The van der Waals surface area contributed by atoms with E-state index in [1.807, 2.05) is 5.38 Å². The first-order chi connectivity index (χ1) is 5.36. The van der Waals surface area contributed by atoms with E-state index in [-0.39, 0.29) is 0 Å². The molecule has 0 aliphatic heterocycles. The third-order valence-corrected chi connectivity index (χ3v) is 1.90. The summed E-state index contributed by atoms with van der Waals surface area (Å²) in [6.07, 6.45) is 1.72. The number of hydrogen-bond acceptors (Lipinski definition) is 5. The van der Waals surface area contributed by atoms with Crippen LogP contribution in [0.5, 0.6) is 0 Å². The van der Waals surface area contributed by atoms with Crippen LogP contribution in [0.25, 0.3) is 10.8 Å². The summed E-state index contributed by atoms with van der Waals surface area (Å²) in [5, 5.41) is 14.2. The van der Waals surface area contributed by atoms with Gasteiger partial charge in [0.15, 0.2) is 5.01 Å². The third-order valence-electron chi connectivity index (χ3n) is 1.13. The van der Waals surface area contributed by atoms with E-state index in [0.717, 1.165) is 5.01 Å². The molecule has 0 N–H and O–H groups in total. The molecule has 0 aromatic carbocycles. The summed E-state index contributed by atoms with van der Waals surface area (Å²) in [5.74, 6) is 0.586. The summed E-state index contributed by atoms with van der Waals surface area (Å²) in [6.45, 7) is 0. The Morgan fingerprint density at radius 1 is 1.55 bits per heavy atom.